The summed E-state index contributed by atoms with van der Waals surface area (Å²) < 4.78 is 5.87. The lowest BCUT2D eigenvalue weighted by Gasteiger charge is -2.16. The molecule has 1 heterocycles. The van der Waals surface area contributed by atoms with Crippen molar-refractivity contribution in [1.29, 1.82) is 5.26 Å². The van der Waals surface area contributed by atoms with Crippen LogP contribution in [-0.2, 0) is 0 Å². The highest BCUT2D eigenvalue weighted by molar-refractivity contribution is 5.67. The number of rotatable bonds is 6. The van der Waals surface area contributed by atoms with E-state index in [1.165, 1.54) is 0 Å². The number of nitriles is 1. The van der Waals surface area contributed by atoms with Gasteiger partial charge in [-0.1, -0.05) is 26.8 Å². The molecule has 0 aliphatic heterocycles. The number of aryl methyl sites for hydroxylation is 1. The van der Waals surface area contributed by atoms with Crippen LogP contribution in [0, 0.1) is 30.1 Å². The van der Waals surface area contributed by atoms with Crippen LogP contribution in [0.25, 0.3) is 11.1 Å². The quantitative estimate of drug-likeness (QED) is 0.755. The van der Waals surface area contributed by atoms with Gasteiger partial charge in [-0.05, 0) is 60.6 Å². The number of benzene rings is 1. The third kappa shape index (κ3) is 4.82. The van der Waals surface area contributed by atoms with Crippen molar-refractivity contribution >= 4 is 0 Å². The second-order valence-corrected chi connectivity index (χ2v) is 6.55. The van der Waals surface area contributed by atoms with Crippen LogP contribution in [0.15, 0.2) is 36.5 Å². The third-order valence-corrected chi connectivity index (χ3v) is 3.73. The summed E-state index contributed by atoms with van der Waals surface area (Å²) in [6.07, 6.45) is 2.91. The molecule has 0 aliphatic rings. The van der Waals surface area contributed by atoms with Crippen molar-refractivity contribution in [3.63, 3.8) is 0 Å². The van der Waals surface area contributed by atoms with Crippen molar-refractivity contribution in [2.24, 2.45) is 11.8 Å². The average Bonchev–Trinajstić information content (AvgIpc) is 2.52. The first-order valence-electron chi connectivity index (χ1n) is 8.09. The van der Waals surface area contributed by atoms with Crippen LogP contribution in [0.1, 0.15) is 38.4 Å². The van der Waals surface area contributed by atoms with Gasteiger partial charge in [0.05, 0.1) is 12.2 Å². The van der Waals surface area contributed by atoms with Gasteiger partial charge in [0.15, 0.2) is 0 Å². The number of ether oxygens (including phenoxy) is 1. The van der Waals surface area contributed by atoms with Crippen molar-refractivity contribution in [2.45, 2.75) is 34.1 Å². The van der Waals surface area contributed by atoms with E-state index in [0.29, 0.717) is 29.8 Å². The first-order valence-corrected chi connectivity index (χ1v) is 8.09. The molecule has 1 unspecified atom stereocenters. The minimum atomic E-state index is 0.476. The predicted molar refractivity (Wildman–Crippen MR) is 93.2 cm³/mol. The highest BCUT2D eigenvalue weighted by atomic mass is 16.5. The van der Waals surface area contributed by atoms with Crippen LogP contribution >= 0.6 is 0 Å². The predicted octanol–water partition coefficient (Wildman–Crippen LogP) is 4.99. The molecule has 0 N–H and O–H groups in total. The van der Waals surface area contributed by atoms with E-state index in [2.05, 4.69) is 31.8 Å². The van der Waals surface area contributed by atoms with Crippen molar-refractivity contribution in [2.75, 3.05) is 6.61 Å². The maximum atomic E-state index is 9.41. The summed E-state index contributed by atoms with van der Waals surface area (Å²) in [7, 11) is 0. The van der Waals surface area contributed by atoms with Gasteiger partial charge in [0, 0.05) is 11.9 Å². The standard InChI is InChI=1S/C20H24N2O/c1-14(2)9-15(3)13-23-20-6-5-17(11-19(20)12-21)18-7-8-22-16(4)10-18/h5-8,10-11,14-15H,9,13H2,1-4H3. The molecule has 0 saturated carbocycles. The largest absolute Gasteiger partial charge is 0.492 e. The second kappa shape index (κ2) is 7.78. The van der Waals surface area contributed by atoms with E-state index >= 15 is 0 Å². The van der Waals surface area contributed by atoms with E-state index in [0.717, 1.165) is 23.2 Å². The molecule has 2 rings (SSSR count). The maximum absolute atomic E-state index is 9.41. The van der Waals surface area contributed by atoms with Gasteiger partial charge < -0.3 is 4.74 Å². The molecule has 1 aromatic heterocycles. The Morgan fingerprint density at radius 2 is 1.87 bits per heavy atom. The smallest absolute Gasteiger partial charge is 0.137 e. The highest BCUT2D eigenvalue weighted by Gasteiger charge is 2.10. The molecule has 120 valence electrons. The van der Waals surface area contributed by atoms with Gasteiger partial charge in [-0.25, -0.2) is 0 Å². The summed E-state index contributed by atoms with van der Waals surface area (Å²) in [5, 5.41) is 9.41. The summed E-state index contributed by atoms with van der Waals surface area (Å²) >= 11 is 0. The molecule has 0 fully saturated rings. The van der Waals surface area contributed by atoms with Gasteiger partial charge in [-0.15, -0.1) is 0 Å². The molecule has 0 spiro atoms. The van der Waals surface area contributed by atoms with Gasteiger partial charge in [-0.2, -0.15) is 5.26 Å². The Kier molecular flexibility index (Phi) is 5.76. The van der Waals surface area contributed by atoms with E-state index in [1.54, 1.807) is 6.20 Å². The Hall–Kier alpha value is -2.34. The van der Waals surface area contributed by atoms with E-state index in [-0.39, 0.29) is 0 Å². The normalized spacial score (nSPS) is 12.0. The summed E-state index contributed by atoms with van der Waals surface area (Å²) in [4.78, 5) is 4.21. The molecule has 0 aliphatic carbocycles. The molecule has 3 nitrogen and oxygen atoms in total. The molecule has 1 aromatic carbocycles. The van der Waals surface area contributed by atoms with E-state index in [4.69, 9.17) is 4.74 Å². The molecule has 23 heavy (non-hydrogen) atoms. The zero-order valence-corrected chi connectivity index (χ0v) is 14.3. The lowest BCUT2D eigenvalue weighted by molar-refractivity contribution is 0.238. The molecule has 0 saturated heterocycles. The fraction of sp³-hybridized carbons (Fsp3) is 0.400. The highest BCUT2D eigenvalue weighted by Crippen LogP contribution is 2.27. The van der Waals surface area contributed by atoms with Crippen molar-refractivity contribution in [3.05, 3.63) is 47.8 Å². The third-order valence-electron chi connectivity index (χ3n) is 3.73. The lowest BCUT2D eigenvalue weighted by atomic mass is 10.00. The lowest BCUT2D eigenvalue weighted by Crippen LogP contribution is -2.11. The first kappa shape index (κ1) is 17.0. The molecule has 3 heteroatoms. The fourth-order valence-electron chi connectivity index (χ4n) is 2.75. The van der Waals surface area contributed by atoms with Crippen LogP contribution in [0.2, 0.25) is 0 Å². The summed E-state index contributed by atoms with van der Waals surface area (Å²) in [6, 6.07) is 12.0. The Labute approximate surface area is 138 Å². The average molecular weight is 308 g/mol. The van der Waals surface area contributed by atoms with E-state index in [1.807, 2.05) is 37.3 Å². The van der Waals surface area contributed by atoms with Gasteiger partial charge in [-0.3, -0.25) is 4.98 Å². The zero-order chi connectivity index (χ0) is 16.8. The molecule has 1 atom stereocenters. The van der Waals surface area contributed by atoms with Crippen LogP contribution in [0.5, 0.6) is 5.75 Å². The molecular weight excluding hydrogens is 284 g/mol. The van der Waals surface area contributed by atoms with Crippen LogP contribution in [-0.4, -0.2) is 11.6 Å². The minimum absolute atomic E-state index is 0.476. The van der Waals surface area contributed by atoms with Crippen molar-refractivity contribution in [1.82, 2.24) is 4.98 Å². The number of hydrogen-bond donors (Lipinski definition) is 0. The van der Waals surface area contributed by atoms with E-state index in [9.17, 15) is 5.26 Å². The first-order chi connectivity index (χ1) is 11.0. The zero-order valence-electron chi connectivity index (χ0n) is 14.3. The number of pyridine rings is 1. The summed E-state index contributed by atoms with van der Waals surface area (Å²) in [5.41, 5.74) is 3.61. The van der Waals surface area contributed by atoms with Gasteiger partial charge in [0.2, 0.25) is 0 Å². The number of hydrogen-bond acceptors (Lipinski definition) is 3. The van der Waals surface area contributed by atoms with Crippen LogP contribution < -0.4 is 4.74 Å². The Morgan fingerprint density at radius 1 is 1.13 bits per heavy atom. The van der Waals surface area contributed by atoms with Crippen molar-refractivity contribution in [3.8, 4) is 22.9 Å². The van der Waals surface area contributed by atoms with Gasteiger partial charge in [0.1, 0.15) is 11.8 Å². The minimum Gasteiger partial charge on any atom is -0.492 e. The Bertz CT molecular complexity index is 701. The molecule has 2 aromatic rings. The van der Waals surface area contributed by atoms with Crippen LogP contribution in [0.3, 0.4) is 0 Å². The molecule has 0 amide bonds. The molecular formula is C20H24N2O. The summed E-state index contributed by atoms with van der Waals surface area (Å²) in [5.74, 6) is 1.79. The topological polar surface area (TPSA) is 45.9 Å². The van der Waals surface area contributed by atoms with E-state index < -0.39 is 0 Å². The Morgan fingerprint density at radius 3 is 2.52 bits per heavy atom. The number of aromatic nitrogens is 1. The van der Waals surface area contributed by atoms with Crippen LogP contribution in [0.4, 0.5) is 0 Å². The monoisotopic (exact) mass is 308 g/mol. The maximum Gasteiger partial charge on any atom is 0.137 e. The molecule has 0 radical (unpaired) electrons. The summed E-state index contributed by atoms with van der Waals surface area (Å²) in [6.45, 7) is 9.20. The SMILES string of the molecule is Cc1cc(-c2ccc(OCC(C)CC(C)C)c(C#N)c2)ccn1. The molecule has 0 bridgehead atoms. The van der Waals surface area contributed by atoms with Gasteiger partial charge in [0.25, 0.3) is 0 Å². The fourth-order valence-corrected chi connectivity index (χ4v) is 2.75. The van der Waals surface area contributed by atoms with Gasteiger partial charge >= 0.3 is 0 Å². The Balaban J connectivity index is 2.16. The van der Waals surface area contributed by atoms with Crippen molar-refractivity contribution < 1.29 is 4.74 Å². The number of nitrogens with zero attached hydrogens (tertiary/aromatic N) is 2. The second-order valence-electron chi connectivity index (χ2n) is 6.55.